The molecule has 0 spiro atoms. The summed E-state index contributed by atoms with van der Waals surface area (Å²) in [6.07, 6.45) is 1.69. The Kier molecular flexibility index (Phi) is 4.98. The molecule has 128 valence electrons. The molecule has 0 aliphatic heterocycles. The van der Waals surface area contributed by atoms with Crippen LogP contribution in [0, 0.1) is 0 Å². The molecule has 0 fully saturated rings. The Morgan fingerprint density at radius 1 is 0.920 bits per heavy atom. The summed E-state index contributed by atoms with van der Waals surface area (Å²) in [6, 6.07) is 17.0. The molecule has 0 bridgehead atoms. The van der Waals surface area contributed by atoms with Crippen molar-refractivity contribution in [1.29, 1.82) is 0 Å². The first-order chi connectivity index (χ1) is 12.1. The van der Waals surface area contributed by atoms with Crippen LogP contribution in [0.25, 0.3) is 10.9 Å². The Morgan fingerprint density at radius 3 is 2.28 bits per heavy atom. The van der Waals surface area contributed by atoms with E-state index in [1.807, 2.05) is 42.5 Å². The fourth-order valence-electron chi connectivity index (χ4n) is 3.13. The van der Waals surface area contributed by atoms with Crippen LogP contribution in [0.2, 0.25) is 0 Å². The molecule has 0 saturated heterocycles. The summed E-state index contributed by atoms with van der Waals surface area (Å²) in [5, 5.41) is 3.97. The van der Waals surface area contributed by atoms with Crippen LogP contribution < -0.4 is 10.9 Å². The SMILES string of the molecule is CCc1cccc(CC)c1NC(=O)Cn1c(=O)ccc2ccccc21. The number of nitrogens with zero attached hydrogens (tertiary/aromatic N) is 1. The molecule has 1 aromatic heterocycles. The second-order valence-corrected chi connectivity index (χ2v) is 6.02. The van der Waals surface area contributed by atoms with Crippen molar-refractivity contribution in [2.45, 2.75) is 33.2 Å². The maximum atomic E-state index is 12.6. The van der Waals surface area contributed by atoms with Gasteiger partial charge in [-0.15, -0.1) is 0 Å². The number of benzene rings is 2. The molecule has 1 heterocycles. The van der Waals surface area contributed by atoms with Crippen LogP contribution in [-0.2, 0) is 24.2 Å². The predicted octanol–water partition coefficient (Wildman–Crippen LogP) is 3.77. The van der Waals surface area contributed by atoms with E-state index >= 15 is 0 Å². The van der Waals surface area contributed by atoms with Crippen molar-refractivity contribution in [3.05, 3.63) is 76.1 Å². The topological polar surface area (TPSA) is 51.1 Å². The van der Waals surface area contributed by atoms with Gasteiger partial charge in [0.25, 0.3) is 5.56 Å². The van der Waals surface area contributed by atoms with Crippen LogP contribution in [-0.4, -0.2) is 10.5 Å². The van der Waals surface area contributed by atoms with Gasteiger partial charge in [0.2, 0.25) is 5.91 Å². The van der Waals surface area contributed by atoms with E-state index in [0.717, 1.165) is 40.6 Å². The normalized spacial score (nSPS) is 10.8. The molecule has 0 radical (unpaired) electrons. The van der Waals surface area contributed by atoms with Crippen molar-refractivity contribution < 1.29 is 4.79 Å². The highest BCUT2D eigenvalue weighted by atomic mass is 16.2. The molecule has 3 aromatic rings. The molecule has 0 saturated carbocycles. The van der Waals surface area contributed by atoms with Crippen LogP contribution in [0.3, 0.4) is 0 Å². The minimum Gasteiger partial charge on any atom is -0.324 e. The summed E-state index contributed by atoms with van der Waals surface area (Å²) in [6.45, 7) is 4.14. The van der Waals surface area contributed by atoms with E-state index in [9.17, 15) is 9.59 Å². The van der Waals surface area contributed by atoms with E-state index in [0.29, 0.717) is 0 Å². The third-order valence-corrected chi connectivity index (χ3v) is 4.46. The Labute approximate surface area is 147 Å². The lowest BCUT2D eigenvalue weighted by Gasteiger charge is -2.15. The van der Waals surface area contributed by atoms with Gasteiger partial charge in [0.15, 0.2) is 0 Å². The summed E-state index contributed by atoms with van der Waals surface area (Å²) < 4.78 is 1.52. The summed E-state index contributed by atoms with van der Waals surface area (Å²) in [4.78, 5) is 24.9. The highest BCUT2D eigenvalue weighted by Gasteiger charge is 2.12. The second kappa shape index (κ2) is 7.34. The molecule has 25 heavy (non-hydrogen) atoms. The average molecular weight is 334 g/mol. The Morgan fingerprint density at radius 2 is 1.60 bits per heavy atom. The van der Waals surface area contributed by atoms with Gasteiger partial charge in [0.05, 0.1) is 5.52 Å². The van der Waals surface area contributed by atoms with Crippen LogP contribution in [0.1, 0.15) is 25.0 Å². The monoisotopic (exact) mass is 334 g/mol. The van der Waals surface area contributed by atoms with Crippen LogP contribution in [0.4, 0.5) is 5.69 Å². The van der Waals surface area contributed by atoms with Crippen LogP contribution >= 0.6 is 0 Å². The molecular formula is C21H22N2O2. The highest BCUT2D eigenvalue weighted by molar-refractivity contribution is 5.93. The number of carbonyl (C=O) groups excluding carboxylic acids is 1. The lowest BCUT2D eigenvalue weighted by atomic mass is 10.0. The molecule has 0 unspecified atom stereocenters. The molecule has 4 nitrogen and oxygen atoms in total. The number of carbonyl (C=O) groups is 1. The van der Waals surface area contributed by atoms with Gasteiger partial charge in [0, 0.05) is 11.8 Å². The summed E-state index contributed by atoms with van der Waals surface area (Å²) >= 11 is 0. The Balaban J connectivity index is 1.93. The zero-order valence-electron chi connectivity index (χ0n) is 14.6. The van der Waals surface area contributed by atoms with Gasteiger partial charge in [-0.2, -0.15) is 0 Å². The predicted molar refractivity (Wildman–Crippen MR) is 102 cm³/mol. The van der Waals surface area contributed by atoms with Crippen molar-refractivity contribution in [2.75, 3.05) is 5.32 Å². The number of pyridine rings is 1. The van der Waals surface area contributed by atoms with Gasteiger partial charge in [-0.25, -0.2) is 0 Å². The van der Waals surface area contributed by atoms with Crippen molar-refractivity contribution in [1.82, 2.24) is 4.57 Å². The molecule has 1 amide bonds. The lowest BCUT2D eigenvalue weighted by molar-refractivity contribution is -0.116. The number of hydrogen-bond donors (Lipinski definition) is 1. The summed E-state index contributed by atoms with van der Waals surface area (Å²) in [5.74, 6) is -0.186. The van der Waals surface area contributed by atoms with Gasteiger partial charge < -0.3 is 5.32 Å². The molecule has 0 atom stereocenters. The minimum atomic E-state index is -0.186. The Hall–Kier alpha value is -2.88. The van der Waals surface area contributed by atoms with E-state index in [2.05, 4.69) is 19.2 Å². The van der Waals surface area contributed by atoms with E-state index in [1.165, 1.54) is 10.6 Å². The average Bonchev–Trinajstić information content (AvgIpc) is 2.64. The summed E-state index contributed by atoms with van der Waals surface area (Å²) in [5.41, 5.74) is 3.69. The van der Waals surface area contributed by atoms with Crippen molar-refractivity contribution >= 4 is 22.5 Å². The number of hydrogen-bond acceptors (Lipinski definition) is 2. The smallest absolute Gasteiger partial charge is 0.251 e. The quantitative estimate of drug-likeness (QED) is 0.772. The number of aryl methyl sites for hydroxylation is 2. The molecule has 0 aliphatic carbocycles. The van der Waals surface area contributed by atoms with Crippen molar-refractivity contribution in [3.63, 3.8) is 0 Å². The van der Waals surface area contributed by atoms with E-state index < -0.39 is 0 Å². The number of anilines is 1. The van der Waals surface area contributed by atoms with Crippen LogP contribution in [0.5, 0.6) is 0 Å². The highest BCUT2D eigenvalue weighted by Crippen LogP contribution is 2.22. The standard InChI is InChI=1S/C21H22N2O2/c1-3-15-9-7-10-16(4-2)21(15)22-19(24)14-23-18-11-6-5-8-17(18)12-13-20(23)25/h5-13H,3-4,14H2,1-2H3,(H,22,24). The first kappa shape index (κ1) is 17.0. The number of aromatic nitrogens is 1. The van der Waals surface area contributed by atoms with Crippen molar-refractivity contribution in [3.8, 4) is 0 Å². The molecule has 0 aliphatic rings. The van der Waals surface area contributed by atoms with Gasteiger partial charge in [-0.1, -0.05) is 50.2 Å². The van der Waals surface area contributed by atoms with E-state index in [1.54, 1.807) is 6.07 Å². The fourth-order valence-corrected chi connectivity index (χ4v) is 3.13. The Bertz CT molecular complexity index is 951. The van der Waals surface area contributed by atoms with E-state index in [4.69, 9.17) is 0 Å². The maximum Gasteiger partial charge on any atom is 0.251 e. The maximum absolute atomic E-state index is 12.6. The number of amides is 1. The van der Waals surface area contributed by atoms with Gasteiger partial charge >= 0.3 is 0 Å². The fraction of sp³-hybridized carbons (Fsp3) is 0.238. The van der Waals surface area contributed by atoms with Crippen LogP contribution in [0.15, 0.2) is 59.4 Å². The number of nitrogens with one attached hydrogen (secondary N) is 1. The number of fused-ring (bicyclic) bond motifs is 1. The van der Waals surface area contributed by atoms with Crippen molar-refractivity contribution in [2.24, 2.45) is 0 Å². The van der Waals surface area contributed by atoms with Gasteiger partial charge in [-0.05, 0) is 41.5 Å². The first-order valence-corrected chi connectivity index (χ1v) is 8.63. The number of para-hydroxylation sites is 2. The van der Waals surface area contributed by atoms with Gasteiger partial charge in [-0.3, -0.25) is 14.2 Å². The molecule has 1 N–H and O–H groups in total. The minimum absolute atomic E-state index is 0.00138. The number of rotatable bonds is 5. The zero-order chi connectivity index (χ0) is 17.8. The summed E-state index contributed by atoms with van der Waals surface area (Å²) in [7, 11) is 0. The zero-order valence-corrected chi connectivity index (χ0v) is 14.6. The second-order valence-electron chi connectivity index (χ2n) is 6.02. The van der Waals surface area contributed by atoms with E-state index in [-0.39, 0.29) is 18.0 Å². The lowest BCUT2D eigenvalue weighted by Crippen LogP contribution is -2.28. The molecule has 2 aromatic carbocycles. The molecule has 3 rings (SSSR count). The largest absolute Gasteiger partial charge is 0.324 e. The molecule has 4 heteroatoms. The third kappa shape index (κ3) is 3.48. The first-order valence-electron chi connectivity index (χ1n) is 8.63. The third-order valence-electron chi connectivity index (χ3n) is 4.46. The molecular weight excluding hydrogens is 312 g/mol. The van der Waals surface area contributed by atoms with Gasteiger partial charge in [0.1, 0.15) is 6.54 Å².